The van der Waals surface area contributed by atoms with Crippen molar-refractivity contribution in [2.24, 2.45) is 5.92 Å². The number of halogens is 3. The summed E-state index contributed by atoms with van der Waals surface area (Å²) in [7, 11) is -2.18. The summed E-state index contributed by atoms with van der Waals surface area (Å²) in [6.45, 7) is 13.5. The van der Waals surface area contributed by atoms with E-state index in [1.807, 2.05) is 32.1 Å². The van der Waals surface area contributed by atoms with Gasteiger partial charge in [0.2, 0.25) is 21.8 Å². The second-order valence-electron chi connectivity index (χ2n) is 15.8. The van der Waals surface area contributed by atoms with Crippen molar-refractivity contribution >= 4 is 50.1 Å². The number of benzene rings is 1. The minimum Gasteiger partial charge on any atom is -0.488 e. The quantitative estimate of drug-likeness (QED) is 0.115. The molecule has 2 aromatic heterocycles. The second-order valence-corrected chi connectivity index (χ2v) is 18.9. The number of carbonyl (C=O) groups is 3. The zero-order valence-electron chi connectivity index (χ0n) is 32.6. The lowest BCUT2D eigenvalue weighted by Crippen LogP contribution is -2.51. The number of nitrogens with zero attached hydrogens (tertiary/aromatic N) is 4. The van der Waals surface area contributed by atoms with Crippen molar-refractivity contribution in [2.45, 2.75) is 107 Å². The third-order valence-electron chi connectivity index (χ3n) is 11.5. The molecule has 1 aromatic carbocycles. The molecule has 12 nitrogen and oxygen atoms in total. The van der Waals surface area contributed by atoms with Gasteiger partial charge in [0.1, 0.15) is 22.6 Å². The monoisotopic (exact) mass is 830 g/mol. The van der Waals surface area contributed by atoms with Crippen LogP contribution >= 0.6 is 11.3 Å². The standard InChI is InChI=1S/C40H49F3N6O6S2/c1-7-9-10-11-16-48(6)34(51)18-27-17-28(22-49(27)37(52)46-39(20-26(39)8-2)21-33(50)47-57(53,54)38(5)14-15-38)55-31-19-30(36-45-32(23-56-36)40(41,42)43)44-35-25(4)24(3)12-13-29(31)35/h7-8,12-13,19,23,26-28H,1-2,9-11,14-18,20-22H2,3-6H3,(H,46,52)(H,47,50). The van der Waals surface area contributed by atoms with Crippen LogP contribution in [0.5, 0.6) is 5.75 Å². The van der Waals surface area contributed by atoms with Crippen LogP contribution in [-0.2, 0) is 25.8 Å². The molecule has 57 heavy (non-hydrogen) atoms. The normalized spacial score (nSPS) is 22.5. The van der Waals surface area contributed by atoms with E-state index in [1.165, 1.54) is 4.90 Å². The minimum atomic E-state index is -4.63. The Hall–Kier alpha value is -4.51. The Morgan fingerprint density at radius 2 is 1.89 bits per heavy atom. The Balaban J connectivity index is 1.26. The number of carbonyl (C=O) groups excluding carboxylic acids is 3. The number of allylic oxidation sites excluding steroid dienone is 1. The van der Waals surface area contributed by atoms with Crippen LogP contribution in [0.3, 0.4) is 0 Å². The lowest BCUT2D eigenvalue weighted by Gasteiger charge is -2.29. The molecule has 6 rings (SSSR count). The highest BCUT2D eigenvalue weighted by atomic mass is 32.2. The van der Waals surface area contributed by atoms with Crippen molar-refractivity contribution in [1.29, 1.82) is 0 Å². The van der Waals surface area contributed by atoms with Gasteiger partial charge in [-0.3, -0.25) is 14.3 Å². The Labute approximate surface area is 335 Å². The molecule has 3 heterocycles. The van der Waals surface area contributed by atoms with Gasteiger partial charge in [-0.2, -0.15) is 13.2 Å². The summed E-state index contributed by atoms with van der Waals surface area (Å²) in [5.41, 5.74) is 0.369. The molecule has 4 unspecified atom stereocenters. The van der Waals surface area contributed by atoms with Crippen molar-refractivity contribution < 1.29 is 40.7 Å². The third kappa shape index (κ3) is 9.14. The van der Waals surface area contributed by atoms with Gasteiger partial charge in [0.15, 0.2) is 5.69 Å². The number of nitrogens with one attached hydrogen (secondary N) is 2. The summed E-state index contributed by atoms with van der Waals surface area (Å²) >= 11 is 0.820. The number of rotatable bonds is 16. The highest BCUT2D eigenvalue weighted by molar-refractivity contribution is 7.91. The van der Waals surface area contributed by atoms with Crippen molar-refractivity contribution in [1.82, 2.24) is 29.8 Å². The number of pyridine rings is 1. The molecule has 2 N–H and O–H groups in total. The first-order chi connectivity index (χ1) is 26.8. The molecule has 4 atom stereocenters. The maximum Gasteiger partial charge on any atom is 0.434 e. The van der Waals surface area contributed by atoms with Gasteiger partial charge in [-0.15, -0.1) is 24.5 Å². The number of ether oxygens (including phenoxy) is 1. The number of likely N-dealkylation sites (tertiary alicyclic amines) is 1. The summed E-state index contributed by atoms with van der Waals surface area (Å²) in [6, 6.07) is 4.12. The number of hydrogen-bond acceptors (Lipinski definition) is 9. The Morgan fingerprint density at radius 3 is 2.53 bits per heavy atom. The summed E-state index contributed by atoms with van der Waals surface area (Å²) in [5.74, 6) is -0.855. The van der Waals surface area contributed by atoms with Crippen LogP contribution in [0, 0.1) is 19.8 Å². The summed E-state index contributed by atoms with van der Waals surface area (Å²) in [5, 5.41) is 4.62. The molecule has 2 saturated carbocycles. The zero-order chi connectivity index (χ0) is 41.5. The number of unbranched alkanes of at least 4 members (excludes halogenated alkanes) is 2. The molecule has 1 saturated heterocycles. The number of amides is 4. The summed E-state index contributed by atoms with van der Waals surface area (Å²) in [6.07, 6.45) is 1.87. The maximum atomic E-state index is 14.3. The Kier molecular flexibility index (Phi) is 11.8. The van der Waals surface area contributed by atoms with Gasteiger partial charge in [-0.1, -0.05) is 18.2 Å². The smallest absolute Gasteiger partial charge is 0.434 e. The van der Waals surface area contributed by atoms with Crippen molar-refractivity contribution in [3.05, 3.63) is 65.7 Å². The van der Waals surface area contributed by atoms with E-state index >= 15 is 0 Å². The van der Waals surface area contributed by atoms with Crippen molar-refractivity contribution in [3.63, 3.8) is 0 Å². The fourth-order valence-corrected chi connectivity index (χ4v) is 9.33. The molecule has 4 amide bonds. The number of alkyl halides is 3. The van der Waals surface area contributed by atoms with Gasteiger partial charge in [0.05, 0.1) is 28.8 Å². The first kappa shape index (κ1) is 42.1. The lowest BCUT2D eigenvalue weighted by atomic mass is 10.0. The number of hydrogen-bond donors (Lipinski definition) is 2. The zero-order valence-corrected chi connectivity index (χ0v) is 34.2. The van der Waals surface area contributed by atoms with E-state index in [4.69, 9.17) is 9.72 Å². The Bertz CT molecular complexity index is 2190. The summed E-state index contributed by atoms with van der Waals surface area (Å²) in [4.78, 5) is 52.6. The van der Waals surface area contributed by atoms with Gasteiger partial charge < -0.3 is 19.9 Å². The third-order valence-corrected chi connectivity index (χ3v) is 14.6. The number of fused-ring (bicyclic) bond motifs is 1. The van der Waals surface area contributed by atoms with E-state index in [-0.39, 0.29) is 48.3 Å². The number of aromatic nitrogens is 2. The number of sulfonamides is 1. The van der Waals surface area contributed by atoms with E-state index < -0.39 is 56.3 Å². The van der Waals surface area contributed by atoms with E-state index in [0.717, 1.165) is 47.1 Å². The van der Waals surface area contributed by atoms with Gasteiger partial charge in [0.25, 0.3) is 0 Å². The van der Waals surface area contributed by atoms with Crippen LogP contribution in [0.25, 0.3) is 21.6 Å². The molecule has 0 bridgehead atoms. The highest BCUT2D eigenvalue weighted by Gasteiger charge is 2.57. The molecule has 0 spiro atoms. The number of thiazole rings is 1. The van der Waals surface area contributed by atoms with E-state index in [1.54, 1.807) is 31.0 Å². The van der Waals surface area contributed by atoms with Crippen LogP contribution < -0.4 is 14.8 Å². The molecular weight excluding hydrogens is 782 g/mol. The average Bonchev–Trinajstić information content (AvgIpc) is 3.90. The molecule has 3 aromatic rings. The predicted molar refractivity (Wildman–Crippen MR) is 212 cm³/mol. The highest BCUT2D eigenvalue weighted by Crippen LogP contribution is 2.48. The summed E-state index contributed by atoms with van der Waals surface area (Å²) < 4.78 is 74.0. The molecule has 3 fully saturated rings. The fraction of sp³-hybridized carbons (Fsp3) is 0.525. The van der Waals surface area contributed by atoms with E-state index in [0.29, 0.717) is 42.5 Å². The fourth-order valence-electron chi connectivity index (χ4n) is 7.29. The van der Waals surface area contributed by atoms with Crippen molar-refractivity contribution in [2.75, 3.05) is 20.1 Å². The van der Waals surface area contributed by atoms with Crippen LogP contribution in [0.4, 0.5) is 18.0 Å². The molecule has 0 radical (unpaired) electrons. The van der Waals surface area contributed by atoms with Gasteiger partial charge in [-0.05, 0) is 76.5 Å². The molecule has 17 heteroatoms. The van der Waals surface area contributed by atoms with E-state index in [2.05, 4.69) is 28.2 Å². The van der Waals surface area contributed by atoms with Crippen LogP contribution in [0.15, 0.2) is 48.9 Å². The van der Waals surface area contributed by atoms with Crippen LogP contribution in [0.1, 0.15) is 81.5 Å². The lowest BCUT2D eigenvalue weighted by molar-refractivity contribution is -0.140. The molecule has 2 aliphatic carbocycles. The molecule has 3 aliphatic rings. The van der Waals surface area contributed by atoms with Crippen molar-refractivity contribution in [3.8, 4) is 16.5 Å². The first-order valence-corrected chi connectivity index (χ1v) is 21.4. The largest absolute Gasteiger partial charge is 0.488 e. The molecular formula is C40H49F3N6O6S2. The SMILES string of the molecule is C=CCCCCN(C)C(=O)CC1CC(Oc2cc(-c3nc(C(F)(F)F)cs3)nc3c(C)c(C)ccc23)CN1C(=O)NC1(CC(=O)NS(=O)(=O)C2(C)CC2)CC1C=C. The van der Waals surface area contributed by atoms with E-state index in [9.17, 15) is 36.0 Å². The number of urea groups is 1. The first-order valence-electron chi connectivity index (χ1n) is 19.0. The van der Waals surface area contributed by atoms with Gasteiger partial charge in [0, 0.05) is 55.2 Å². The molecule has 1 aliphatic heterocycles. The van der Waals surface area contributed by atoms with Crippen LogP contribution in [0.2, 0.25) is 0 Å². The minimum absolute atomic E-state index is 0.0135. The maximum absolute atomic E-state index is 14.3. The molecule has 308 valence electrons. The second kappa shape index (κ2) is 16.0. The topological polar surface area (TPSA) is 151 Å². The predicted octanol–water partition coefficient (Wildman–Crippen LogP) is 7.06. The number of aryl methyl sites for hydroxylation is 2. The van der Waals surface area contributed by atoms with Gasteiger partial charge >= 0.3 is 12.2 Å². The van der Waals surface area contributed by atoms with Crippen LogP contribution in [-0.4, -0.2) is 88.6 Å². The Morgan fingerprint density at radius 1 is 1.16 bits per heavy atom. The van der Waals surface area contributed by atoms with Gasteiger partial charge in [-0.25, -0.2) is 23.2 Å². The average molecular weight is 831 g/mol.